The molecule has 30 heavy (non-hydrogen) atoms. The Balaban J connectivity index is 1.56. The van der Waals surface area contributed by atoms with Crippen molar-refractivity contribution < 1.29 is 14.7 Å². The molecule has 0 spiro atoms. The van der Waals surface area contributed by atoms with E-state index < -0.39 is 5.97 Å². The first-order valence-electron chi connectivity index (χ1n) is 10.7. The number of nitrogens with zero attached hydrogens (tertiary/aromatic N) is 4. The van der Waals surface area contributed by atoms with E-state index in [2.05, 4.69) is 9.80 Å². The fourth-order valence-corrected chi connectivity index (χ4v) is 5.18. The topological polar surface area (TPSA) is 77.0 Å². The van der Waals surface area contributed by atoms with Gasteiger partial charge in [-0.15, -0.1) is 0 Å². The summed E-state index contributed by atoms with van der Waals surface area (Å²) in [7, 11) is 1.82. The molecule has 2 aliphatic heterocycles. The van der Waals surface area contributed by atoms with Crippen LogP contribution in [0.3, 0.4) is 0 Å². The highest BCUT2D eigenvalue weighted by Gasteiger charge is 2.39. The Hall–Kier alpha value is -3.09. The zero-order valence-corrected chi connectivity index (χ0v) is 17.3. The Morgan fingerprint density at radius 3 is 2.60 bits per heavy atom. The molecule has 0 unspecified atom stereocenters. The molecule has 1 amide bonds. The van der Waals surface area contributed by atoms with E-state index in [4.69, 9.17) is 4.98 Å². The molecule has 1 N–H and O–H groups in total. The molecule has 1 aromatic carbocycles. The van der Waals surface area contributed by atoms with Gasteiger partial charge >= 0.3 is 5.97 Å². The lowest BCUT2D eigenvalue weighted by Crippen LogP contribution is -2.54. The molecule has 1 atom stereocenters. The van der Waals surface area contributed by atoms with Gasteiger partial charge in [-0.25, -0.2) is 9.78 Å². The Bertz CT molecular complexity index is 1030. The predicted molar refractivity (Wildman–Crippen MR) is 116 cm³/mol. The highest BCUT2D eigenvalue weighted by molar-refractivity contribution is 6.04. The molecule has 156 valence electrons. The molecule has 1 aromatic heterocycles. The summed E-state index contributed by atoms with van der Waals surface area (Å²) >= 11 is 0. The normalized spacial score (nSPS) is 21.2. The van der Waals surface area contributed by atoms with Crippen LogP contribution in [0.2, 0.25) is 0 Å². The minimum absolute atomic E-state index is 0.108. The van der Waals surface area contributed by atoms with Crippen molar-refractivity contribution >= 4 is 34.9 Å². The van der Waals surface area contributed by atoms with Gasteiger partial charge in [0, 0.05) is 25.3 Å². The number of carboxylic acid groups (broad SMARTS) is 1. The number of carboxylic acids is 1. The van der Waals surface area contributed by atoms with Crippen LogP contribution in [0.1, 0.15) is 48.5 Å². The number of hydrogen-bond acceptors (Lipinski definition) is 5. The molecule has 0 bridgehead atoms. The Kier molecular flexibility index (Phi) is 4.41. The van der Waals surface area contributed by atoms with Crippen LogP contribution >= 0.6 is 0 Å². The van der Waals surface area contributed by atoms with Crippen molar-refractivity contribution in [3.8, 4) is 0 Å². The quantitative estimate of drug-likeness (QED) is 0.840. The van der Waals surface area contributed by atoms with E-state index in [0.29, 0.717) is 11.6 Å². The Labute approximate surface area is 175 Å². The largest absolute Gasteiger partial charge is 0.478 e. The third-order valence-electron chi connectivity index (χ3n) is 6.77. The fourth-order valence-electron chi connectivity index (χ4n) is 5.18. The number of fused-ring (bicyclic) bond motifs is 2. The number of hydrogen-bond donors (Lipinski definition) is 1. The van der Waals surface area contributed by atoms with E-state index in [9.17, 15) is 14.7 Å². The zero-order valence-electron chi connectivity index (χ0n) is 17.3. The Morgan fingerprint density at radius 1 is 1.13 bits per heavy atom. The summed E-state index contributed by atoms with van der Waals surface area (Å²) in [6, 6.07) is 9.37. The average molecular weight is 406 g/mol. The molecule has 5 rings (SSSR count). The van der Waals surface area contributed by atoms with Crippen LogP contribution in [0.5, 0.6) is 0 Å². The number of carbonyl (C=O) groups excluding carboxylic acids is 1. The molecule has 0 saturated heterocycles. The minimum Gasteiger partial charge on any atom is -0.478 e. The highest BCUT2D eigenvalue weighted by Crippen LogP contribution is 2.42. The standard InChI is InChI=1S/C23H26N4O3/c1-14-22(28)25(2)19-9-10-20(24-21(19)27(14)17-5-3-4-6-17)26-12-11-15-13-16(23(29)30)7-8-18(15)26/h7-10,13-14,17H,3-6,11-12H2,1-2H3,(H,29,30)/t14-/m1/s1. The summed E-state index contributed by atoms with van der Waals surface area (Å²) in [5.41, 5.74) is 3.21. The molecule has 7 nitrogen and oxygen atoms in total. The number of aromatic nitrogens is 1. The zero-order chi connectivity index (χ0) is 21.0. The van der Waals surface area contributed by atoms with Crippen molar-refractivity contribution in [2.45, 2.75) is 51.1 Å². The lowest BCUT2D eigenvalue weighted by atomic mass is 10.1. The predicted octanol–water partition coefficient (Wildman–Crippen LogP) is 3.59. The fraction of sp³-hybridized carbons (Fsp3) is 0.435. The van der Waals surface area contributed by atoms with Crippen LogP contribution < -0.4 is 14.7 Å². The van der Waals surface area contributed by atoms with Gasteiger partial charge in [-0.05, 0) is 62.1 Å². The van der Waals surface area contributed by atoms with E-state index in [-0.39, 0.29) is 11.9 Å². The number of aromatic carboxylic acids is 1. The highest BCUT2D eigenvalue weighted by atomic mass is 16.4. The van der Waals surface area contributed by atoms with Gasteiger partial charge in [-0.1, -0.05) is 12.8 Å². The molecule has 1 saturated carbocycles. The maximum Gasteiger partial charge on any atom is 0.335 e. The van der Waals surface area contributed by atoms with Crippen LogP contribution in [-0.4, -0.2) is 47.6 Å². The monoisotopic (exact) mass is 406 g/mol. The van der Waals surface area contributed by atoms with Gasteiger partial charge in [0.15, 0.2) is 5.82 Å². The van der Waals surface area contributed by atoms with Gasteiger partial charge < -0.3 is 19.8 Å². The van der Waals surface area contributed by atoms with Gasteiger partial charge in [-0.2, -0.15) is 0 Å². The molecule has 1 fully saturated rings. The average Bonchev–Trinajstić information content (AvgIpc) is 3.41. The third kappa shape index (κ3) is 2.83. The molecule has 7 heteroatoms. The molecule has 3 aliphatic rings. The molecular weight excluding hydrogens is 380 g/mol. The van der Waals surface area contributed by atoms with Gasteiger partial charge in [0.05, 0.1) is 11.3 Å². The summed E-state index contributed by atoms with van der Waals surface area (Å²) < 4.78 is 0. The van der Waals surface area contributed by atoms with E-state index in [0.717, 1.165) is 54.4 Å². The molecule has 2 aromatic rings. The van der Waals surface area contributed by atoms with Crippen LogP contribution in [0.4, 0.5) is 23.0 Å². The SMILES string of the molecule is C[C@@H]1C(=O)N(C)c2ccc(N3CCc4cc(C(=O)O)ccc43)nc2N1C1CCCC1. The summed E-state index contributed by atoms with van der Waals surface area (Å²) in [4.78, 5) is 35.3. The van der Waals surface area contributed by atoms with E-state index >= 15 is 0 Å². The number of benzene rings is 1. The van der Waals surface area contributed by atoms with Crippen molar-refractivity contribution in [3.05, 3.63) is 41.5 Å². The van der Waals surface area contributed by atoms with Crippen LogP contribution in [0, 0.1) is 0 Å². The minimum atomic E-state index is -0.906. The molecule has 1 aliphatic carbocycles. The van der Waals surface area contributed by atoms with Crippen molar-refractivity contribution in [2.24, 2.45) is 0 Å². The van der Waals surface area contributed by atoms with Gasteiger partial charge in [0.2, 0.25) is 5.91 Å². The van der Waals surface area contributed by atoms with Crippen LogP contribution in [0.15, 0.2) is 30.3 Å². The first kappa shape index (κ1) is 18.9. The van der Waals surface area contributed by atoms with Crippen molar-refractivity contribution in [1.82, 2.24) is 4.98 Å². The number of anilines is 4. The number of amides is 1. The van der Waals surface area contributed by atoms with E-state index in [1.807, 2.05) is 32.2 Å². The molecule has 3 heterocycles. The number of likely N-dealkylation sites (N-methyl/N-ethyl adjacent to an activating group) is 1. The number of rotatable bonds is 3. The van der Waals surface area contributed by atoms with E-state index in [1.165, 1.54) is 12.8 Å². The van der Waals surface area contributed by atoms with Crippen molar-refractivity contribution in [1.29, 1.82) is 0 Å². The number of carbonyl (C=O) groups is 2. The summed E-state index contributed by atoms with van der Waals surface area (Å²) in [6.07, 6.45) is 5.36. The maximum absolute atomic E-state index is 12.8. The third-order valence-corrected chi connectivity index (χ3v) is 6.77. The molecule has 0 radical (unpaired) electrons. The first-order chi connectivity index (χ1) is 14.5. The van der Waals surface area contributed by atoms with Crippen LogP contribution in [0.25, 0.3) is 0 Å². The first-order valence-corrected chi connectivity index (χ1v) is 10.7. The second-order valence-corrected chi connectivity index (χ2v) is 8.48. The lowest BCUT2D eigenvalue weighted by Gasteiger charge is -2.43. The molecular formula is C23H26N4O3. The number of pyridine rings is 1. The Morgan fingerprint density at radius 2 is 1.87 bits per heavy atom. The van der Waals surface area contributed by atoms with Gasteiger partial charge in [0.1, 0.15) is 11.9 Å². The lowest BCUT2D eigenvalue weighted by molar-refractivity contribution is -0.119. The second-order valence-electron chi connectivity index (χ2n) is 8.48. The smallest absolute Gasteiger partial charge is 0.335 e. The second kappa shape index (κ2) is 7.00. The summed E-state index contributed by atoms with van der Waals surface area (Å²) in [5.74, 6) is 0.923. The van der Waals surface area contributed by atoms with E-state index in [1.54, 1.807) is 17.0 Å². The van der Waals surface area contributed by atoms with Gasteiger partial charge in [0.25, 0.3) is 0 Å². The summed E-state index contributed by atoms with van der Waals surface area (Å²) in [6.45, 7) is 2.74. The summed E-state index contributed by atoms with van der Waals surface area (Å²) in [5, 5.41) is 9.27. The maximum atomic E-state index is 12.8. The van der Waals surface area contributed by atoms with Gasteiger partial charge in [-0.3, -0.25) is 4.79 Å². The van der Waals surface area contributed by atoms with Crippen molar-refractivity contribution in [2.75, 3.05) is 28.3 Å². The van der Waals surface area contributed by atoms with Crippen LogP contribution in [-0.2, 0) is 11.2 Å². The van der Waals surface area contributed by atoms with Crippen molar-refractivity contribution in [3.63, 3.8) is 0 Å².